The number of amides is 1. The van der Waals surface area contributed by atoms with Crippen molar-refractivity contribution < 1.29 is 35.9 Å². The number of carbonyl (C=O) groups is 2. The summed E-state index contributed by atoms with van der Waals surface area (Å²) >= 11 is 1.93. The molecule has 0 saturated heterocycles. The predicted molar refractivity (Wildman–Crippen MR) is 114 cm³/mol. The van der Waals surface area contributed by atoms with Crippen LogP contribution in [0.4, 0.5) is 13.2 Å². The van der Waals surface area contributed by atoms with Crippen LogP contribution in [0.2, 0.25) is 0 Å². The Morgan fingerprint density at radius 3 is 2.29 bits per heavy atom. The van der Waals surface area contributed by atoms with E-state index in [4.69, 9.17) is 4.74 Å². The molecular formula is C20H19F3INO5S. The number of nitrogens with one attached hydrogen (secondary N) is 1. The Labute approximate surface area is 191 Å². The molecule has 2 rings (SSSR count). The lowest BCUT2D eigenvalue weighted by Crippen LogP contribution is -2.42. The van der Waals surface area contributed by atoms with Crippen LogP contribution in [0, 0.1) is 3.57 Å². The van der Waals surface area contributed by atoms with E-state index in [2.05, 4.69) is 0 Å². The van der Waals surface area contributed by atoms with E-state index in [-0.39, 0.29) is 28.4 Å². The van der Waals surface area contributed by atoms with Crippen molar-refractivity contribution in [3.63, 3.8) is 0 Å². The minimum absolute atomic E-state index is 0.0689. The summed E-state index contributed by atoms with van der Waals surface area (Å²) in [6.07, 6.45) is -4.91. The number of halogens is 4. The number of hydrogen-bond donors (Lipinski definition) is 1. The number of sulfone groups is 1. The lowest BCUT2D eigenvalue weighted by molar-refractivity contribution is -0.174. The van der Waals surface area contributed by atoms with Gasteiger partial charge < -0.3 is 10.1 Å². The molecule has 0 aromatic heterocycles. The number of ether oxygens (including phenoxy) is 1. The van der Waals surface area contributed by atoms with Crippen LogP contribution in [0.3, 0.4) is 0 Å². The van der Waals surface area contributed by atoms with Gasteiger partial charge in [-0.1, -0.05) is 12.1 Å². The monoisotopic (exact) mass is 569 g/mol. The van der Waals surface area contributed by atoms with Gasteiger partial charge in [-0.15, -0.1) is 0 Å². The normalized spacial score (nSPS) is 12.8. The summed E-state index contributed by atoms with van der Waals surface area (Å²) in [6, 6.07) is 9.02. The maximum Gasteiger partial charge on any atom is 0.471 e. The van der Waals surface area contributed by atoms with Crippen LogP contribution in [0.5, 0.6) is 0 Å². The quantitative estimate of drug-likeness (QED) is 0.404. The Morgan fingerprint density at radius 1 is 1.13 bits per heavy atom. The van der Waals surface area contributed by atoms with Crippen LogP contribution in [0.25, 0.3) is 0 Å². The van der Waals surface area contributed by atoms with E-state index in [0.29, 0.717) is 9.13 Å². The Bertz CT molecular complexity index is 1070. The van der Waals surface area contributed by atoms with E-state index in [9.17, 15) is 31.2 Å². The molecule has 0 fully saturated rings. The second-order valence-corrected chi connectivity index (χ2v) is 9.75. The predicted octanol–water partition coefficient (Wildman–Crippen LogP) is 3.91. The van der Waals surface area contributed by atoms with Gasteiger partial charge >= 0.3 is 18.1 Å². The number of esters is 1. The fourth-order valence-electron chi connectivity index (χ4n) is 2.74. The van der Waals surface area contributed by atoms with Crippen molar-refractivity contribution in [3.8, 4) is 0 Å². The van der Waals surface area contributed by atoms with Gasteiger partial charge in [0.1, 0.15) is 0 Å². The summed E-state index contributed by atoms with van der Waals surface area (Å²) in [5.74, 6) is -2.80. The zero-order valence-corrected chi connectivity index (χ0v) is 19.5. The molecule has 0 aliphatic heterocycles. The zero-order valence-electron chi connectivity index (χ0n) is 16.5. The number of benzene rings is 2. The SMILES string of the molecule is CCOC(=O)c1ccc(I)cc1S(=O)(=O)c1ccc(C[C@@H](C)NC(=O)C(F)(F)F)cc1. The topological polar surface area (TPSA) is 89.5 Å². The van der Waals surface area contributed by atoms with Crippen molar-refractivity contribution in [2.45, 2.75) is 42.3 Å². The van der Waals surface area contributed by atoms with Gasteiger partial charge in [0.2, 0.25) is 9.84 Å². The first-order valence-electron chi connectivity index (χ1n) is 9.04. The first kappa shape index (κ1) is 25.1. The second-order valence-electron chi connectivity index (χ2n) is 6.58. The van der Waals surface area contributed by atoms with Gasteiger partial charge in [-0.25, -0.2) is 13.2 Å². The number of hydrogen-bond acceptors (Lipinski definition) is 5. The van der Waals surface area contributed by atoms with Crippen molar-refractivity contribution in [1.82, 2.24) is 5.32 Å². The highest BCUT2D eigenvalue weighted by atomic mass is 127. The second kappa shape index (κ2) is 9.98. The van der Waals surface area contributed by atoms with E-state index < -0.39 is 33.9 Å². The molecule has 1 amide bonds. The molecular weight excluding hydrogens is 550 g/mol. The van der Waals surface area contributed by atoms with Crippen LogP contribution < -0.4 is 5.32 Å². The maximum absolute atomic E-state index is 13.1. The van der Waals surface area contributed by atoms with Gasteiger partial charge in [0.15, 0.2) is 0 Å². The molecule has 168 valence electrons. The van der Waals surface area contributed by atoms with E-state index in [1.54, 1.807) is 13.0 Å². The van der Waals surface area contributed by atoms with Gasteiger partial charge in [0, 0.05) is 9.61 Å². The van der Waals surface area contributed by atoms with Crippen molar-refractivity contribution >= 4 is 44.3 Å². The summed E-state index contributed by atoms with van der Waals surface area (Å²) in [7, 11) is -4.06. The molecule has 0 radical (unpaired) electrons. The molecule has 2 aromatic rings. The third kappa shape index (κ3) is 6.42. The third-order valence-corrected chi connectivity index (χ3v) is 6.62. The fraction of sp³-hybridized carbons (Fsp3) is 0.300. The van der Waals surface area contributed by atoms with Crippen molar-refractivity contribution in [3.05, 3.63) is 57.2 Å². The average Bonchev–Trinajstić information content (AvgIpc) is 2.67. The minimum atomic E-state index is -4.98. The van der Waals surface area contributed by atoms with Gasteiger partial charge in [0.25, 0.3) is 0 Å². The molecule has 6 nitrogen and oxygen atoms in total. The van der Waals surface area contributed by atoms with Gasteiger partial charge in [-0.3, -0.25) is 4.79 Å². The van der Waals surface area contributed by atoms with Crippen molar-refractivity contribution in [2.75, 3.05) is 6.61 Å². The minimum Gasteiger partial charge on any atom is -0.462 e. The third-order valence-electron chi connectivity index (χ3n) is 4.14. The summed E-state index contributed by atoms with van der Waals surface area (Å²) in [6.45, 7) is 3.10. The van der Waals surface area contributed by atoms with Gasteiger partial charge in [-0.2, -0.15) is 13.2 Å². The lowest BCUT2D eigenvalue weighted by Gasteiger charge is -2.15. The molecule has 0 heterocycles. The zero-order chi connectivity index (χ0) is 23.4. The van der Waals surface area contributed by atoms with E-state index in [0.717, 1.165) is 0 Å². The Morgan fingerprint density at radius 2 is 1.74 bits per heavy atom. The summed E-state index contributed by atoms with van der Waals surface area (Å²) in [5.41, 5.74) is 0.442. The van der Waals surface area contributed by atoms with Crippen molar-refractivity contribution in [1.29, 1.82) is 0 Å². The smallest absolute Gasteiger partial charge is 0.462 e. The number of carbonyl (C=O) groups excluding carboxylic acids is 2. The Balaban J connectivity index is 2.27. The lowest BCUT2D eigenvalue weighted by atomic mass is 10.1. The molecule has 0 unspecified atom stereocenters. The summed E-state index contributed by atoms with van der Waals surface area (Å²) in [5, 5.41) is 1.84. The molecule has 1 atom stereocenters. The Hall–Kier alpha value is -2.15. The van der Waals surface area contributed by atoms with Crippen LogP contribution >= 0.6 is 22.6 Å². The maximum atomic E-state index is 13.1. The average molecular weight is 569 g/mol. The van der Waals surface area contributed by atoms with Crippen molar-refractivity contribution in [2.24, 2.45) is 0 Å². The molecule has 0 bridgehead atoms. The van der Waals surface area contributed by atoms with E-state index in [1.807, 2.05) is 27.9 Å². The molecule has 31 heavy (non-hydrogen) atoms. The largest absolute Gasteiger partial charge is 0.471 e. The van der Waals surface area contributed by atoms with Gasteiger partial charge in [0.05, 0.1) is 22.0 Å². The van der Waals surface area contributed by atoms with Crippen LogP contribution in [0.15, 0.2) is 52.3 Å². The Kier molecular flexibility index (Phi) is 8.09. The molecule has 2 aromatic carbocycles. The molecule has 0 aliphatic carbocycles. The number of rotatable bonds is 7. The number of alkyl halides is 3. The summed E-state index contributed by atoms with van der Waals surface area (Å²) in [4.78, 5) is 22.9. The first-order chi connectivity index (χ1) is 14.4. The van der Waals surface area contributed by atoms with Crippen LogP contribution in [0.1, 0.15) is 29.8 Å². The summed E-state index contributed by atoms with van der Waals surface area (Å²) < 4.78 is 68.8. The molecule has 0 aliphatic rings. The molecule has 0 spiro atoms. The highest BCUT2D eigenvalue weighted by Crippen LogP contribution is 2.27. The van der Waals surface area contributed by atoms with E-state index in [1.165, 1.54) is 43.3 Å². The molecule has 11 heteroatoms. The highest BCUT2D eigenvalue weighted by molar-refractivity contribution is 14.1. The van der Waals surface area contributed by atoms with Gasteiger partial charge in [-0.05, 0) is 78.8 Å². The molecule has 1 N–H and O–H groups in total. The fourth-order valence-corrected chi connectivity index (χ4v) is 4.91. The van der Waals surface area contributed by atoms with Crippen LogP contribution in [-0.4, -0.2) is 39.1 Å². The first-order valence-corrected chi connectivity index (χ1v) is 11.6. The van der Waals surface area contributed by atoms with Crippen LogP contribution in [-0.2, 0) is 25.8 Å². The standard InChI is InChI=1S/C20H19F3INO5S/c1-3-30-18(26)16-9-6-14(24)11-17(16)31(28,29)15-7-4-13(5-8-15)10-12(2)25-19(27)20(21,22)23/h4-9,11-12H,3,10H2,1-2H3,(H,25,27)/t12-/m1/s1. The molecule has 0 saturated carbocycles. The van der Waals surface area contributed by atoms with E-state index >= 15 is 0 Å². The highest BCUT2D eigenvalue weighted by Gasteiger charge is 2.39.